The first kappa shape index (κ1) is 21.8. The van der Waals surface area contributed by atoms with E-state index in [1.807, 2.05) is 0 Å². The van der Waals surface area contributed by atoms with Crippen LogP contribution < -0.4 is 9.46 Å². The number of pyridine rings is 2. The molecule has 2 aromatic heterocycles. The van der Waals surface area contributed by atoms with Crippen LogP contribution in [0.25, 0.3) is 12.2 Å². The van der Waals surface area contributed by atoms with E-state index in [2.05, 4.69) is 0 Å². The summed E-state index contributed by atoms with van der Waals surface area (Å²) in [4.78, 5) is 22.8. The third-order valence-electron chi connectivity index (χ3n) is 7.10. The molecule has 0 spiro atoms. The number of carboxylic acid groups (broad SMARTS) is 2. The summed E-state index contributed by atoms with van der Waals surface area (Å²) in [6.07, 6.45) is 10.3. The van der Waals surface area contributed by atoms with E-state index in [1.54, 1.807) is 48.6 Å². The molecule has 8 heteroatoms. The van der Waals surface area contributed by atoms with Crippen molar-refractivity contribution in [1.29, 1.82) is 0 Å². The average Bonchev–Trinajstić information content (AvgIpc) is 2.74. The number of carbonyl (C=O) groups is 2. The van der Waals surface area contributed by atoms with Gasteiger partial charge in [-0.05, 0) is 62.5 Å². The first-order valence-corrected chi connectivity index (χ1v) is 10.7. The standard InChI is InChI=1S/C12H10N2O2.C12H16O4/c15-13-9-3-1-5-11(13)7-8-12-6-2-4-10-14(12)16;13-9(14)11-2-7-1-8(4-11)5-12(3-7,6-11)10(15)16/h1-10H;7-8H,1-6H2,(H,13,14)(H,15,16)/b8-7+;. The molecule has 4 aliphatic rings. The topological polar surface area (TPSA) is 128 Å². The molecule has 2 aromatic rings. The lowest BCUT2D eigenvalue weighted by Crippen LogP contribution is -2.57. The van der Waals surface area contributed by atoms with Crippen LogP contribution in [0.3, 0.4) is 0 Å². The molecule has 0 atom stereocenters. The fourth-order valence-corrected chi connectivity index (χ4v) is 6.07. The van der Waals surface area contributed by atoms with Crippen LogP contribution in [-0.4, -0.2) is 22.2 Å². The van der Waals surface area contributed by atoms with Crippen LogP contribution in [-0.2, 0) is 9.59 Å². The molecule has 0 saturated heterocycles. The monoisotopic (exact) mass is 438 g/mol. The maximum atomic E-state index is 11.4. The molecule has 8 nitrogen and oxygen atoms in total. The van der Waals surface area contributed by atoms with Gasteiger partial charge in [-0.15, -0.1) is 0 Å². The van der Waals surface area contributed by atoms with Crippen LogP contribution in [0, 0.1) is 33.1 Å². The molecule has 2 heterocycles. The molecular weight excluding hydrogens is 412 g/mol. The average molecular weight is 438 g/mol. The second kappa shape index (κ2) is 8.26. The van der Waals surface area contributed by atoms with E-state index in [0.717, 1.165) is 15.9 Å². The highest BCUT2D eigenvalue weighted by Crippen LogP contribution is 2.65. The molecule has 0 radical (unpaired) electrons. The maximum Gasteiger partial charge on any atom is 0.309 e. The summed E-state index contributed by atoms with van der Waals surface area (Å²) in [5.74, 6) is -0.888. The smallest absolute Gasteiger partial charge is 0.309 e. The number of rotatable bonds is 4. The number of aliphatic carboxylic acids is 2. The molecule has 2 N–H and O–H groups in total. The van der Waals surface area contributed by atoms with Gasteiger partial charge in [0.25, 0.3) is 0 Å². The van der Waals surface area contributed by atoms with Crippen LogP contribution in [0.5, 0.6) is 0 Å². The molecular formula is C24H26N2O6. The van der Waals surface area contributed by atoms with Gasteiger partial charge in [0.2, 0.25) is 11.4 Å². The number of nitrogens with zero attached hydrogens (tertiary/aromatic N) is 2. The van der Waals surface area contributed by atoms with Crippen molar-refractivity contribution in [2.45, 2.75) is 38.5 Å². The largest absolute Gasteiger partial charge is 0.618 e. The van der Waals surface area contributed by atoms with Gasteiger partial charge in [0, 0.05) is 36.4 Å². The highest BCUT2D eigenvalue weighted by molar-refractivity contribution is 5.81. The Morgan fingerprint density at radius 3 is 1.56 bits per heavy atom. The van der Waals surface area contributed by atoms with Crippen molar-refractivity contribution in [1.82, 2.24) is 0 Å². The van der Waals surface area contributed by atoms with Crippen molar-refractivity contribution < 1.29 is 29.3 Å². The van der Waals surface area contributed by atoms with Crippen LogP contribution in [0.1, 0.15) is 49.9 Å². The minimum absolute atomic E-state index is 0.327. The summed E-state index contributed by atoms with van der Waals surface area (Å²) in [5.41, 5.74) is -0.456. The minimum atomic E-state index is -0.771. The van der Waals surface area contributed by atoms with E-state index >= 15 is 0 Å². The van der Waals surface area contributed by atoms with Gasteiger partial charge in [0.1, 0.15) is 0 Å². The highest BCUT2D eigenvalue weighted by Gasteiger charge is 2.63. The van der Waals surface area contributed by atoms with E-state index < -0.39 is 22.8 Å². The lowest BCUT2D eigenvalue weighted by molar-refractivity contribution is -0.608. The van der Waals surface area contributed by atoms with Crippen LogP contribution >= 0.6 is 0 Å². The Hall–Kier alpha value is -3.42. The lowest BCUT2D eigenvalue weighted by Gasteiger charge is -2.58. The zero-order chi connectivity index (χ0) is 22.9. The van der Waals surface area contributed by atoms with Crippen molar-refractivity contribution in [2.24, 2.45) is 22.7 Å². The quantitative estimate of drug-likeness (QED) is 0.558. The van der Waals surface area contributed by atoms with Gasteiger partial charge >= 0.3 is 11.9 Å². The first-order valence-electron chi connectivity index (χ1n) is 10.7. The first-order chi connectivity index (χ1) is 15.2. The number of hydrogen-bond acceptors (Lipinski definition) is 4. The van der Waals surface area contributed by atoms with Crippen molar-refractivity contribution >= 4 is 24.1 Å². The summed E-state index contributed by atoms with van der Waals surface area (Å²) in [5, 5.41) is 41.4. The van der Waals surface area contributed by atoms with Crippen LogP contribution in [0.2, 0.25) is 0 Å². The van der Waals surface area contributed by atoms with E-state index in [9.17, 15) is 30.2 Å². The number of hydrogen-bond donors (Lipinski definition) is 2. The number of aromatic nitrogens is 2. The zero-order valence-corrected chi connectivity index (χ0v) is 17.6. The molecule has 0 aromatic carbocycles. The van der Waals surface area contributed by atoms with Gasteiger partial charge < -0.3 is 20.6 Å². The molecule has 32 heavy (non-hydrogen) atoms. The van der Waals surface area contributed by atoms with Gasteiger partial charge in [-0.25, -0.2) is 0 Å². The molecule has 4 fully saturated rings. The predicted octanol–water partition coefficient (Wildman–Crippen LogP) is 2.87. The zero-order valence-electron chi connectivity index (χ0n) is 17.6. The Labute approximate surface area is 185 Å². The number of carboxylic acids is 2. The molecule has 4 aliphatic carbocycles. The molecule has 6 rings (SSSR count). The second-order valence-electron chi connectivity index (χ2n) is 9.37. The second-order valence-corrected chi connectivity index (χ2v) is 9.37. The summed E-state index contributed by atoms with van der Waals surface area (Å²) >= 11 is 0. The Kier molecular flexibility index (Phi) is 5.62. The summed E-state index contributed by atoms with van der Waals surface area (Å²) in [7, 11) is 0. The van der Waals surface area contributed by atoms with Crippen molar-refractivity contribution in [2.75, 3.05) is 0 Å². The summed E-state index contributed by atoms with van der Waals surface area (Å²) in [6, 6.07) is 10.2. The third kappa shape index (κ3) is 4.04. The van der Waals surface area contributed by atoms with Gasteiger partial charge in [-0.3, -0.25) is 9.59 Å². The highest BCUT2D eigenvalue weighted by atomic mass is 16.5. The summed E-state index contributed by atoms with van der Waals surface area (Å²) in [6.45, 7) is 0. The molecule has 0 unspecified atom stereocenters. The summed E-state index contributed by atoms with van der Waals surface area (Å²) < 4.78 is 1.49. The molecule has 168 valence electrons. The van der Waals surface area contributed by atoms with Gasteiger partial charge in [0.15, 0.2) is 12.4 Å². The Morgan fingerprint density at radius 2 is 1.22 bits per heavy atom. The third-order valence-corrected chi connectivity index (χ3v) is 7.10. The van der Waals surface area contributed by atoms with Crippen LogP contribution in [0.4, 0.5) is 0 Å². The van der Waals surface area contributed by atoms with E-state index in [-0.39, 0.29) is 0 Å². The van der Waals surface area contributed by atoms with E-state index in [0.29, 0.717) is 55.3 Å². The maximum absolute atomic E-state index is 11.4. The fraction of sp³-hybridized carbons (Fsp3) is 0.417. The van der Waals surface area contributed by atoms with Crippen molar-refractivity contribution in [3.8, 4) is 0 Å². The molecule has 0 aliphatic heterocycles. The Balaban J connectivity index is 0.000000153. The molecule has 0 amide bonds. The molecule has 4 bridgehead atoms. The Morgan fingerprint density at radius 1 is 0.812 bits per heavy atom. The fourth-order valence-electron chi connectivity index (χ4n) is 6.07. The van der Waals surface area contributed by atoms with E-state index in [1.165, 1.54) is 12.4 Å². The Bertz CT molecular complexity index is 972. The van der Waals surface area contributed by atoms with Gasteiger partial charge in [0.05, 0.1) is 10.8 Å². The van der Waals surface area contributed by atoms with Crippen molar-refractivity contribution in [3.05, 3.63) is 70.6 Å². The van der Waals surface area contributed by atoms with Crippen molar-refractivity contribution in [3.63, 3.8) is 0 Å². The lowest BCUT2D eigenvalue weighted by atomic mass is 9.44. The SMILES string of the molecule is O=C(O)C12CC3CC(C1)CC(C(=O)O)(C3)C2.[O-][n+]1ccccc1/C=C/c1cccc[n+]1[O-]. The van der Waals surface area contributed by atoms with Gasteiger partial charge in [-0.2, -0.15) is 9.46 Å². The normalized spacial score (nSPS) is 30.0. The predicted molar refractivity (Wildman–Crippen MR) is 115 cm³/mol. The van der Waals surface area contributed by atoms with Crippen LogP contribution in [0.15, 0.2) is 48.8 Å². The van der Waals surface area contributed by atoms with E-state index in [4.69, 9.17) is 0 Å². The molecule has 4 saturated carbocycles. The minimum Gasteiger partial charge on any atom is -0.618 e. The van der Waals surface area contributed by atoms with Gasteiger partial charge in [-0.1, -0.05) is 0 Å².